The highest BCUT2D eigenvalue weighted by Gasteiger charge is 2.04. The number of hydrogen-bond acceptors (Lipinski definition) is 3. The van der Waals surface area contributed by atoms with Crippen molar-refractivity contribution in [2.24, 2.45) is 0 Å². The maximum Gasteiger partial charge on any atom is 0.222 e. The Kier molecular flexibility index (Phi) is 3.58. The fourth-order valence-corrected chi connectivity index (χ4v) is 1.90. The number of amides is 1. The van der Waals surface area contributed by atoms with Gasteiger partial charge in [0.25, 0.3) is 0 Å². The zero-order valence-electron chi connectivity index (χ0n) is 10.1. The zero-order valence-corrected chi connectivity index (χ0v) is 10.8. The van der Waals surface area contributed by atoms with E-state index in [2.05, 4.69) is 15.3 Å². The van der Waals surface area contributed by atoms with E-state index in [0.29, 0.717) is 11.0 Å². The normalized spacial score (nSPS) is 10.2. The summed E-state index contributed by atoms with van der Waals surface area (Å²) in [5.74, 6) is 0.370. The largest absolute Gasteiger partial charge is 0.311 e. The first-order valence-electron chi connectivity index (χ1n) is 5.43. The van der Waals surface area contributed by atoms with E-state index in [4.69, 9.17) is 11.6 Å². The minimum atomic E-state index is -0.149. The van der Waals surface area contributed by atoms with Crippen molar-refractivity contribution in [3.8, 4) is 11.1 Å². The van der Waals surface area contributed by atoms with Crippen LogP contribution >= 0.6 is 11.6 Å². The van der Waals surface area contributed by atoms with Crippen LogP contribution in [0.4, 0.5) is 5.82 Å². The van der Waals surface area contributed by atoms with Crippen molar-refractivity contribution in [1.29, 1.82) is 0 Å². The summed E-state index contributed by atoms with van der Waals surface area (Å²) < 4.78 is 0. The van der Waals surface area contributed by atoms with E-state index in [1.807, 2.05) is 19.1 Å². The van der Waals surface area contributed by atoms with Crippen molar-refractivity contribution >= 4 is 23.3 Å². The summed E-state index contributed by atoms with van der Waals surface area (Å²) >= 11 is 5.93. The lowest BCUT2D eigenvalue weighted by Gasteiger charge is -2.06. The molecule has 1 N–H and O–H groups in total. The molecule has 0 unspecified atom stereocenters. The van der Waals surface area contributed by atoms with E-state index >= 15 is 0 Å². The van der Waals surface area contributed by atoms with Gasteiger partial charge < -0.3 is 5.32 Å². The Hall–Kier alpha value is -1.94. The Bertz CT molecular complexity index is 578. The predicted octanol–water partition coefficient (Wildman–Crippen LogP) is 3.06. The van der Waals surface area contributed by atoms with Crippen LogP contribution in [0.5, 0.6) is 0 Å². The average molecular weight is 262 g/mol. The number of aromatic nitrogens is 2. The number of aryl methyl sites for hydroxylation is 1. The molecule has 1 amide bonds. The summed E-state index contributed by atoms with van der Waals surface area (Å²) in [6, 6.07) is 7.36. The van der Waals surface area contributed by atoms with Crippen LogP contribution in [0.15, 0.2) is 30.5 Å². The fraction of sp³-hybridized carbons (Fsp3) is 0.154. The minimum absolute atomic E-state index is 0.149. The number of halogens is 1. The molecular formula is C13H12ClN3O. The van der Waals surface area contributed by atoms with E-state index < -0.39 is 0 Å². The standard InChI is InChI=1S/C13H12ClN3O/c1-8-5-11(6-12(14)16-8)10-3-4-15-13(7-10)17-9(2)18/h3-7H,1-2H3,(H,15,17,18). The van der Waals surface area contributed by atoms with Gasteiger partial charge in [0.2, 0.25) is 5.91 Å². The highest BCUT2D eigenvalue weighted by Crippen LogP contribution is 2.24. The fourth-order valence-electron chi connectivity index (χ4n) is 1.65. The molecule has 0 atom stereocenters. The van der Waals surface area contributed by atoms with Gasteiger partial charge in [-0.05, 0) is 42.3 Å². The van der Waals surface area contributed by atoms with Gasteiger partial charge in [0.15, 0.2) is 0 Å². The average Bonchev–Trinajstić information content (AvgIpc) is 2.27. The maximum absolute atomic E-state index is 11.0. The van der Waals surface area contributed by atoms with E-state index in [1.54, 1.807) is 18.3 Å². The molecule has 4 nitrogen and oxygen atoms in total. The lowest BCUT2D eigenvalue weighted by Crippen LogP contribution is -2.07. The molecule has 2 heterocycles. The lowest BCUT2D eigenvalue weighted by atomic mass is 10.1. The second kappa shape index (κ2) is 5.14. The third-order valence-corrected chi connectivity index (χ3v) is 2.51. The second-order valence-electron chi connectivity index (χ2n) is 3.93. The number of pyridine rings is 2. The van der Waals surface area contributed by atoms with Crippen molar-refractivity contribution in [1.82, 2.24) is 9.97 Å². The molecule has 0 aliphatic carbocycles. The quantitative estimate of drug-likeness (QED) is 0.846. The molecule has 2 aromatic rings. The Balaban J connectivity index is 2.41. The molecule has 5 heteroatoms. The molecule has 0 aliphatic heterocycles. The monoisotopic (exact) mass is 261 g/mol. The molecule has 0 saturated heterocycles. The summed E-state index contributed by atoms with van der Waals surface area (Å²) in [5.41, 5.74) is 2.72. The number of carbonyl (C=O) groups is 1. The Labute approximate surface area is 110 Å². The van der Waals surface area contributed by atoms with Crippen LogP contribution in [0, 0.1) is 6.92 Å². The van der Waals surface area contributed by atoms with Gasteiger partial charge in [-0.1, -0.05) is 11.6 Å². The van der Waals surface area contributed by atoms with E-state index in [0.717, 1.165) is 16.8 Å². The Morgan fingerprint density at radius 3 is 2.72 bits per heavy atom. The van der Waals surface area contributed by atoms with Crippen LogP contribution < -0.4 is 5.32 Å². The van der Waals surface area contributed by atoms with Gasteiger partial charge in [-0.25, -0.2) is 9.97 Å². The van der Waals surface area contributed by atoms with Crippen LogP contribution in [0.3, 0.4) is 0 Å². The van der Waals surface area contributed by atoms with Crippen LogP contribution in [0.1, 0.15) is 12.6 Å². The predicted molar refractivity (Wildman–Crippen MR) is 71.5 cm³/mol. The van der Waals surface area contributed by atoms with Crippen molar-refractivity contribution in [3.63, 3.8) is 0 Å². The molecule has 18 heavy (non-hydrogen) atoms. The summed E-state index contributed by atoms with van der Waals surface area (Å²) in [7, 11) is 0. The Morgan fingerprint density at radius 1 is 1.28 bits per heavy atom. The van der Waals surface area contributed by atoms with E-state index in [-0.39, 0.29) is 5.91 Å². The number of anilines is 1. The highest BCUT2D eigenvalue weighted by atomic mass is 35.5. The van der Waals surface area contributed by atoms with Gasteiger partial charge in [0.05, 0.1) is 0 Å². The molecule has 0 aromatic carbocycles. The van der Waals surface area contributed by atoms with Gasteiger partial charge in [0.1, 0.15) is 11.0 Å². The second-order valence-corrected chi connectivity index (χ2v) is 4.32. The van der Waals surface area contributed by atoms with Gasteiger partial charge in [-0.3, -0.25) is 4.79 Å². The van der Waals surface area contributed by atoms with E-state index in [1.165, 1.54) is 6.92 Å². The minimum Gasteiger partial charge on any atom is -0.311 e. The highest BCUT2D eigenvalue weighted by molar-refractivity contribution is 6.29. The van der Waals surface area contributed by atoms with Crippen LogP contribution in [0.25, 0.3) is 11.1 Å². The molecular weight excluding hydrogens is 250 g/mol. The smallest absolute Gasteiger partial charge is 0.222 e. The maximum atomic E-state index is 11.0. The van der Waals surface area contributed by atoms with Crippen molar-refractivity contribution in [2.75, 3.05) is 5.32 Å². The van der Waals surface area contributed by atoms with Gasteiger partial charge in [-0.15, -0.1) is 0 Å². The number of nitrogens with zero attached hydrogens (tertiary/aromatic N) is 2. The molecule has 0 saturated carbocycles. The molecule has 2 rings (SSSR count). The third-order valence-electron chi connectivity index (χ3n) is 2.32. The van der Waals surface area contributed by atoms with Gasteiger partial charge in [0, 0.05) is 18.8 Å². The van der Waals surface area contributed by atoms with Crippen molar-refractivity contribution < 1.29 is 4.79 Å². The van der Waals surface area contributed by atoms with Crippen molar-refractivity contribution in [2.45, 2.75) is 13.8 Å². The third kappa shape index (κ3) is 3.05. The topological polar surface area (TPSA) is 54.9 Å². The number of hydrogen-bond donors (Lipinski definition) is 1. The first-order valence-corrected chi connectivity index (χ1v) is 5.80. The first kappa shape index (κ1) is 12.5. The molecule has 2 aromatic heterocycles. The summed E-state index contributed by atoms with van der Waals surface area (Å²) in [4.78, 5) is 19.2. The number of carbonyl (C=O) groups excluding carboxylic acids is 1. The molecule has 0 spiro atoms. The molecule has 0 aliphatic rings. The molecule has 0 radical (unpaired) electrons. The SMILES string of the molecule is CC(=O)Nc1cc(-c2cc(C)nc(Cl)c2)ccn1. The molecule has 92 valence electrons. The van der Waals surface area contributed by atoms with Crippen molar-refractivity contribution in [3.05, 3.63) is 41.3 Å². The summed E-state index contributed by atoms with van der Waals surface area (Å²) in [6.07, 6.45) is 1.64. The lowest BCUT2D eigenvalue weighted by molar-refractivity contribution is -0.114. The first-order chi connectivity index (χ1) is 8.54. The summed E-state index contributed by atoms with van der Waals surface area (Å²) in [5, 5.41) is 3.09. The number of nitrogens with one attached hydrogen (secondary N) is 1. The number of rotatable bonds is 2. The Morgan fingerprint density at radius 2 is 2.06 bits per heavy atom. The summed E-state index contributed by atoms with van der Waals surface area (Å²) in [6.45, 7) is 3.33. The molecule has 0 fully saturated rings. The van der Waals surface area contributed by atoms with Crippen LogP contribution in [-0.2, 0) is 4.79 Å². The van der Waals surface area contributed by atoms with E-state index in [9.17, 15) is 4.79 Å². The zero-order chi connectivity index (χ0) is 13.1. The van der Waals surface area contributed by atoms with Crippen LogP contribution in [0.2, 0.25) is 5.15 Å². The molecule has 0 bridgehead atoms. The van der Waals surface area contributed by atoms with Gasteiger partial charge in [-0.2, -0.15) is 0 Å². The van der Waals surface area contributed by atoms with Crippen LogP contribution in [-0.4, -0.2) is 15.9 Å². The van der Waals surface area contributed by atoms with Gasteiger partial charge >= 0.3 is 0 Å².